The number of carbonyl (C=O) groups excluding carboxylic acids is 3. The van der Waals surface area contributed by atoms with Crippen molar-refractivity contribution < 1.29 is 28.6 Å². The van der Waals surface area contributed by atoms with E-state index in [2.05, 4.69) is 154 Å². The van der Waals surface area contributed by atoms with Crippen LogP contribution in [0.15, 0.2) is 134 Å². The number of rotatable bonds is 51. The molecule has 0 saturated heterocycles. The molecule has 0 aliphatic rings. The van der Waals surface area contributed by atoms with E-state index in [1.165, 1.54) is 64.2 Å². The van der Waals surface area contributed by atoms with Crippen LogP contribution in [0.1, 0.15) is 245 Å². The molecule has 0 heterocycles. The number of allylic oxidation sites excluding steroid dienone is 22. The monoisotopic (exact) mass is 995 g/mol. The molecule has 0 aliphatic heterocycles. The van der Waals surface area contributed by atoms with Gasteiger partial charge in [-0.25, -0.2) is 0 Å². The van der Waals surface area contributed by atoms with Crippen molar-refractivity contribution in [2.45, 2.75) is 252 Å². The van der Waals surface area contributed by atoms with Crippen LogP contribution in [0.3, 0.4) is 0 Å². The second-order valence-corrected chi connectivity index (χ2v) is 18.8. The molecule has 0 bridgehead atoms. The number of esters is 3. The van der Waals surface area contributed by atoms with Crippen LogP contribution in [-0.4, -0.2) is 37.2 Å². The quantitative estimate of drug-likeness (QED) is 0.0261. The molecule has 72 heavy (non-hydrogen) atoms. The van der Waals surface area contributed by atoms with Gasteiger partial charge < -0.3 is 14.2 Å². The molecule has 0 aromatic carbocycles. The maximum atomic E-state index is 12.9. The van der Waals surface area contributed by atoms with Gasteiger partial charge >= 0.3 is 17.9 Å². The molecule has 0 amide bonds. The molecular weight excluding hydrogens is 889 g/mol. The first kappa shape index (κ1) is 67.5. The minimum absolute atomic E-state index is 0.108. The van der Waals surface area contributed by atoms with Crippen molar-refractivity contribution in [3.63, 3.8) is 0 Å². The van der Waals surface area contributed by atoms with E-state index >= 15 is 0 Å². The van der Waals surface area contributed by atoms with E-state index in [-0.39, 0.29) is 37.5 Å². The fraction of sp³-hybridized carbons (Fsp3) is 0.621. The normalized spacial score (nSPS) is 13.1. The molecule has 6 heteroatoms. The Hall–Kier alpha value is -4.45. The number of ether oxygens (including phenoxy) is 3. The van der Waals surface area contributed by atoms with Gasteiger partial charge in [-0.3, -0.25) is 14.4 Å². The Morgan fingerprint density at radius 3 is 0.917 bits per heavy atom. The summed E-state index contributed by atoms with van der Waals surface area (Å²) in [7, 11) is 0. The van der Waals surface area contributed by atoms with Crippen LogP contribution >= 0.6 is 0 Å². The van der Waals surface area contributed by atoms with Gasteiger partial charge in [0.15, 0.2) is 6.10 Å². The lowest BCUT2D eigenvalue weighted by molar-refractivity contribution is -0.167. The van der Waals surface area contributed by atoms with E-state index in [9.17, 15) is 14.4 Å². The van der Waals surface area contributed by atoms with Crippen molar-refractivity contribution in [3.05, 3.63) is 134 Å². The summed E-state index contributed by atoms with van der Waals surface area (Å²) in [6, 6.07) is 0. The van der Waals surface area contributed by atoms with Crippen molar-refractivity contribution in [1.29, 1.82) is 0 Å². The maximum Gasteiger partial charge on any atom is 0.306 e. The second-order valence-electron chi connectivity index (χ2n) is 18.8. The van der Waals surface area contributed by atoms with Crippen molar-refractivity contribution in [2.24, 2.45) is 0 Å². The summed E-state index contributed by atoms with van der Waals surface area (Å²) in [5.41, 5.74) is 0. The van der Waals surface area contributed by atoms with Crippen LogP contribution in [0, 0.1) is 0 Å². The van der Waals surface area contributed by atoms with Gasteiger partial charge in [-0.1, -0.05) is 231 Å². The molecule has 406 valence electrons. The first-order chi connectivity index (χ1) is 35.5. The molecular formula is C66H106O6. The SMILES string of the molecule is CC/C=C\C/C=C\C/C=C\C/C=C\C/C=C\C/C=C\C/C=C\CCCC(=O)OCC(COC(=O)CCCCCCC/C=C\CCCCCCC)OC(=O)CCCCCCCCC/C=C\C/C=C\C/C=C\CC. The Kier molecular flexibility index (Phi) is 55.5. The average molecular weight is 996 g/mol. The number of unbranched alkanes of at least 4 members (excludes halogenated alkanes) is 18. The summed E-state index contributed by atoms with van der Waals surface area (Å²) in [6.45, 7) is 6.34. The van der Waals surface area contributed by atoms with Gasteiger partial charge in [0.05, 0.1) is 0 Å². The smallest absolute Gasteiger partial charge is 0.306 e. The minimum atomic E-state index is -0.816. The third kappa shape index (κ3) is 56.5. The average Bonchev–Trinajstić information content (AvgIpc) is 3.38. The van der Waals surface area contributed by atoms with E-state index in [1.807, 2.05) is 0 Å². The second kappa shape index (κ2) is 59.1. The molecule has 0 N–H and O–H groups in total. The Morgan fingerprint density at radius 1 is 0.292 bits per heavy atom. The van der Waals surface area contributed by atoms with E-state index in [1.54, 1.807) is 0 Å². The van der Waals surface area contributed by atoms with Gasteiger partial charge in [0, 0.05) is 19.3 Å². The van der Waals surface area contributed by atoms with Gasteiger partial charge in [-0.2, -0.15) is 0 Å². The predicted molar refractivity (Wildman–Crippen MR) is 311 cm³/mol. The largest absolute Gasteiger partial charge is 0.462 e. The van der Waals surface area contributed by atoms with Crippen LogP contribution in [0.25, 0.3) is 0 Å². The molecule has 1 atom stereocenters. The number of hydrogen-bond acceptors (Lipinski definition) is 6. The third-order valence-corrected chi connectivity index (χ3v) is 11.9. The van der Waals surface area contributed by atoms with Gasteiger partial charge in [0.1, 0.15) is 13.2 Å². The molecule has 1 unspecified atom stereocenters. The van der Waals surface area contributed by atoms with Gasteiger partial charge in [-0.05, 0) is 128 Å². The first-order valence-electron chi connectivity index (χ1n) is 29.2. The van der Waals surface area contributed by atoms with Crippen LogP contribution in [0.2, 0.25) is 0 Å². The zero-order valence-corrected chi connectivity index (χ0v) is 46.4. The predicted octanol–water partition coefficient (Wildman–Crippen LogP) is 19.8. The topological polar surface area (TPSA) is 78.9 Å². The Morgan fingerprint density at radius 2 is 0.556 bits per heavy atom. The molecule has 0 fully saturated rings. The summed E-state index contributed by atoms with van der Waals surface area (Å²) in [4.78, 5) is 38.2. The summed E-state index contributed by atoms with van der Waals surface area (Å²) in [5.74, 6) is -0.992. The zero-order chi connectivity index (χ0) is 52.2. The molecule has 0 saturated carbocycles. The molecule has 0 aliphatic carbocycles. The zero-order valence-electron chi connectivity index (χ0n) is 46.4. The molecule has 0 spiro atoms. The molecule has 0 aromatic rings. The summed E-state index contributed by atoms with van der Waals surface area (Å²) < 4.78 is 16.8. The van der Waals surface area contributed by atoms with Gasteiger partial charge in [-0.15, -0.1) is 0 Å². The van der Waals surface area contributed by atoms with Crippen molar-refractivity contribution >= 4 is 17.9 Å². The standard InChI is InChI=1S/C66H106O6/c1-4-7-10-13-16-19-22-25-28-30-31-32-33-34-35-37-38-41-44-47-50-53-56-59-65(68)71-62-63(61-70-64(67)58-55-52-49-46-43-40-27-24-21-18-15-12-9-6-3)72-66(69)60-57-54-51-48-45-42-39-36-29-26-23-20-17-14-11-8-5-2/h7-8,10-11,16-17,19-20,24-29,31-32,34-35,38,41,47,50,63H,4-6,9,12-15,18,21-23,30,33,36-37,39-40,42-46,48-49,51-62H2,1-3H3/b10-7-,11-8-,19-16-,20-17-,27-24-,28-25-,29-26-,32-31-,35-34-,41-38-,50-47-. The fourth-order valence-electron chi connectivity index (χ4n) is 7.56. The highest BCUT2D eigenvalue weighted by molar-refractivity contribution is 5.71. The van der Waals surface area contributed by atoms with Crippen molar-refractivity contribution in [3.8, 4) is 0 Å². The summed E-state index contributed by atoms with van der Waals surface area (Å²) in [6.07, 6.45) is 83.0. The van der Waals surface area contributed by atoms with Gasteiger partial charge in [0.2, 0.25) is 0 Å². The van der Waals surface area contributed by atoms with Crippen molar-refractivity contribution in [2.75, 3.05) is 13.2 Å². The van der Waals surface area contributed by atoms with E-state index in [4.69, 9.17) is 14.2 Å². The fourth-order valence-corrected chi connectivity index (χ4v) is 7.56. The minimum Gasteiger partial charge on any atom is -0.462 e. The lowest BCUT2D eigenvalue weighted by Gasteiger charge is -2.18. The van der Waals surface area contributed by atoms with Crippen LogP contribution < -0.4 is 0 Å². The first-order valence-corrected chi connectivity index (χ1v) is 29.2. The van der Waals surface area contributed by atoms with E-state index < -0.39 is 6.10 Å². The molecule has 6 nitrogen and oxygen atoms in total. The number of carbonyl (C=O) groups is 3. The number of hydrogen-bond donors (Lipinski definition) is 0. The Bertz CT molecular complexity index is 1560. The maximum absolute atomic E-state index is 12.9. The Balaban J connectivity index is 4.52. The van der Waals surface area contributed by atoms with Gasteiger partial charge in [0.25, 0.3) is 0 Å². The lowest BCUT2D eigenvalue weighted by atomic mass is 10.1. The highest BCUT2D eigenvalue weighted by Gasteiger charge is 2.19. The highest BCUT2D eigenvalue weighted by Crippen LogP contribution is 2.14. The highest BCUT2D eigenvalue weighted by atomic mass is 16.6. The van der Waals surface area contributed by atoms with Crippen molar-refractivity contribution in [1.82, 2.24) is 0 Å². The third-order valence-electron chi connectivity index (χ3n) is 11.9. The Labute approximate surface area is 443 Å². The molecule has 0 aromatic heterocycles. The van der Waals surface area contributed by atoms with Crippen LogP contribution in [0.4, 0.5) is 0 Å². The van der Waals surface area contributed by atoms with E-state index in [0.29, 0.717) is 19.3 Å². The van der Waals surface area contributed by atoms with E-state index in [0.717, 1.165) is 135 Å². The molecule has 0 rings (SSSR count). The van der Waals surface area contributed by atoms with Crippen LogP contribution in [-0.2, 0) is 28.6 Å². The summed E-state index contributed by atoms with van der Waals surface area (Å²) >= 11 is 0. The molecule has 0 radical (unpaired) electrons. The lowest BCUT2D eigenvalue weighted by Crippen LogP contribution is -2.30. The summed E-state index contributed by atoms with van der Waals surface area (Å²) in [5, 5.41) is 0. The van der Waals surface area contributed by atoms with Crippen LogP contribution in [0.5, 0.6) is 0 Å².